The van der Waals surface area contributed by atoms with E-state index in [1.54, 1.807) is 4.57 Å². The molecule has 1 aliphatic rings. The molecule has 0 spiro atoms. The molecule has 1 fully saturated rings. The second-order valence-electron chi connectivity index (χ2n) is 5.19. The van der Waals surface area contributed by atoms with Gasteiger partial charge in [0.25, 0.3) is 0 Å². The van der Waals surface area contributed by atoms with Crippen LogP contribution in [-0.2, 0) is 6.54 Å². The Morgan fingerprint density at radius 1 is 1.32 bits per heavy atom. The maximum absolute atomic E-state index is 11.8. The highest BCUT2D eigenvalue weighted by Gasteiger charge is 2.17. The quantitative estimate of drug-likeness (QED) is 0.896. The lowest BCUT2D eigenvalue weighted by Gasteiger charge is -2.30. The van der Waals surface area contributed by atoms with E-state index in [0.29, 0.717) is 12.1 Å². The van der Waals surface area contributed by atoms with Gasteiger partial charge in [-0.05, 0) is 31.5 Å². The Balaban J connectivity index is 1.75. The summed E-state index contributed by atoms with van der Waals surface area (Å²) in [5, 5.41) is 0. The number of nitrogens with zero attached hydrogens (tertiary/aromatic N) is 2. The number of aromatic nitrogens is 1. The average molecular weight is 261 g/mol. The van der Waals surface area contributed by atoms with Crippen LogP contribution < -0.4 is 11.5 Å². The zero-order chi connectivity index (χ0) is 13.2. The maximum Gasteiger partial charge on any atom is 0.419 e. The summed E-state index contributed by atoms with van der Waals surface area (Å²) in [4.78, 5) is 14.2. The minimum atomic E-state index is -0.275. The zero-order valence-corrected chi connectivity index (χ0v) is 10.9. The first kappa shape index (κ1) is 12.4. The molecule has 3 rings (SSSR count). The maximum atomic E-state index is 11.8. The molecule has 2 aromatic rings. The molecule has 2 heterocycles. The van der Waals surface area contributed by atoms with Crippen LogP contribution in [-0.4, -0.2) is 35.1 Å². The van der Waals surface area contributed by atoms with Crippen LogP contribution in [0.15, 0.2) is 33.5 Å². The van der Waals surface area contributed by atoms with Crippen molar-refractivity contribution in [3.63, 3.8) is 0 Å². The summed E-state index contributed by atoms with van der Waals surface area (Å²) in [5.41, 5.74) is 7.49. The largest absolute Gasteiger partial charge is 0.419 e. The summed E-state index contributed by atoms with van der Waals surface area (Å²) < 4.78 is 6.93. The Bertz CT molecular complexity index is 616. The number of oxazole rings is 1. The van der Waals surface area contributed by atoms with Crippen molar-refractivity contribution in [3.05, 3.63) is 34.8 Å². The van der Waals surface area contributed by atoms with Crippen LogP contribution in [0.5, 0.6) is 0 Å². The Labute approximate surface area is 111 Å². The molecule has 0 unspecified atom stereocenters. The number of para-hydroxylation sites is 2. The van der Waals surface area contributed by atoms with Gasteiger partial charge in [0.1, 0.15) is 0 Å². The van der Waals surface area contributed by atoms with Gasteiger partial charge in [-0.1, -0.05) is 12.1 Å². The molecule has 2 N–H and O–H groups in total. The fourth-order valence-corrected chi connectivity index (χ4v) is 2.76. The molecule has 0 radical (unpaired) electrons. The topological polar surface area (TPSA) is 64.4 Å². The monoisotopic (exact) mass is 261 g/mol. The predicted molar refractivity (Wildman–Crippen MR) is 74.1 cm³/mol. The van der Waals surface area contributed by atoms with E-state index in [4.69, 9.17) is 10.2 Å². The molecule has 0 amide bonds. The smallest absolute Gasteiger partial charge is 0.408 e. The van der Waals surface area contributed by atoms with Crippen molar-refractivity contribution in [1.29, 1.82) is 0 Å². The number of fused-ring (bicyclic) bond motifs is 1. The van der Waals surface area contributed by atoms with Crippen LogP contribution >= 0.6 is 0 Å². The van der Waals surface area contributed by atoms with Crippen molar-refractivity contribution >= 4 is 11.1 Å². The first-order chi connectivity index (χ1) is 9.24. The fourth-order valence-electron chi connectivity index (χ4n) is 2.76. The summed E-state index contributed by atoms with van der Waals surface area (Å²) in [7, 11) is 0. The molecule has 0 aliphatic carbocycles. The van der Waals surface area contributed by atoms with Gasteiger partial charge < -0.3 is 15.1 Å². The SMILES string of the molecule is N[C@@H]1CCCN(CCn2c(=O)oc3ccccc32)C1. The van der Waals surface area contributed by atoms with E-state index in [-0.39, 0.29) is 11.8 Å². The van der Waals surface area contributed by atoms with Crippen LogP contribution in [0.2, 0.25) is 0 Å². The normalized spacial score (nSPS) is 21.0. The molecule has 1 saturated heterocycles. The second-order valence-corrected chi connectivity index (χ2v) is 5.19. The molecule has 19 heavy (non-hydrogen) atoms. The molecular formula is C14H19N3O2. The highest BCUT2D eigenvalue weighted by molar-refractivity contribution is 5.72. The van der Waals surface area contributed by atoms with Crippen molar-refractivity contribution in [1.82, 2.24) is 9.47 Å². The van der Waals surface area contributed by atoms with Gasteiger partial charge in [0, 0.05) is 25.7 Å². The lowest BCUT2D eigenvalue weighted by atomic mass is 10.1. The molecule has 5 nitrogen and oxygen atoms in total. The highest BCUT2D eigenvalue weighted by Crippen LogP contribution is 2.12. The van der Waals surface area contributed by atoms with E-state index >= 15 is 0 Å². The average Bonchev–Trinajstić information content (AvgIpc) is 2.72. The van der Waals surface area contributed by atoms with Crippen LogP contribution in [0.25, 0.3) is 11.1 Å². The lowest BCUT2D eigenvalue weighted by molar-refractivity contribution is 0.201. The lowest BCUT2D eigenvalue weighted by Crippen LogP contribution is -2.44. The molecule has 5 heteroatoms. The molecule has 0 bridgehead atoms. The predicted octanol–water partition coefficient (Wildman–Crippen LogP) is 1.02. The van der Waals surface area contributed by atoms with Crippen molar-refractivity contribution in [2.45, 2.75) is 25.4 Å². The number of nitrogens with two attached hydrogens (primary N) is 1. The van der Waals surface area contributed by atoms with Crippen LogP contribution in [0.3, 0.4) is 0 Å². The van der Waals surface area contributed by atoms with Gasteiger partial charge in [-0.2, -0.15) is 0 Å². The van der Waals surface area contributed by atoms with Gasteiger partial charge in [-0.3, -0.25) is 4.57 Å². The summed E-state index contributed by atoms with van der Waals surface area (Å²) in [6.45, 7) is 3.49. The zero-order valence-electron chi connectivity index (χ0n) is 10.9. The summed E-state index contributed by atoms with van der Waals surface area (Å²) in [5.74, 6) is -0.275. The molecule has 1 aliphatic heterocycles. The van der Waals surface area contributed by atoms with E-state index < -0.39 is 0 Å². The van der Waals surface area contributed by atoms with Crippen LogP contribution in [0.4, 0.5) is 0 Å². The third-order valence-electron chi connectivity index (χ3n) is 3.76. The Morgan fingerprint density at radius 2 is 2.16 bits per heavy atom. The van der Waals surface area contributed by atoms with E-state index in [1.807, 2.05) is 24.3 Å². The first-order valence-corrected chi connectivity index (χ1v) is 6.80. The van der Waals surface area contributed by atoms with Gasteiger partial charge in [0.05, 0.1) is 5.52 Å². The highest BCUT2D eigenvalue weighted by atomic mass is 16.4. The number of likely N-dealkylation sites (tertiary alicyclic amines) is 1. The van der Waals surface area contributed by atoms with Gasteiger partial charge >= 0.3 is 5.76 Å². The van der Waals surface area contributed by atoms with Crippen molar-refractivity contribution in [2.24, 2.45) is 5.73 Å². The van der Waals surface area contributed by atoms with E-state index in [1.165, 1.54) is 0 Å². The van der Waals surface area contributed by atoms with Gasteiger partial charge in [0.2, 0.25) is 0 Å². The molecule has 1 aromatic heterocycles. The summed E-state index contributed by atoms with van der Waals surface area (Å²) in [6, 6.07) is 7.81. The van der Waals surface area contributed by atoms with Gasteiger partial charge in [-0.25, -0.2) is 4.79 Å². The summed E-state index contributed by atoms with van der Waals surface area (Å²) >= 11 is 0. The standard InChI is InChI=1S/C14H19N3O2/c15-11-4-3-7-16(10-11)8-9-17-12-5-1-2-6-13(12)19-14(17)18/h1-2,5-6,11H,3-4,7-10,15H2/t11-/m1/s1. The van der Waals surface area contributed by atoms with Gasteiger partial charge in [0.15, 0.2) is 5.58 Å². The molecule has 102 valence electrons. The fraction of sp³-hybridized carbons (Fsp3) is 0.500. The Morgan fingerprint density at radius 3 is 3.00 bits per heavy atom. The molecule has 1 aromatic carbocycles. The molecule has 1 atom stereocenters. The number of benzene rings is 1. The first-order valence-electron chi connectivity index (χ1n) is 6.80. The second kappa shape index (κ2) is 5.19. The van der Waals surface area contributed by atoms with Gasteiger partial charge in [-0.15, -0.1) is 0 Å². The third-order valence-corrected chi connectivity index (χ3v) is 3.76. The number of rotatable bonds is 3. The third kappa shape index (κ3) is 2.57. The van der Waals surface area contributed by atoms with Crippen molar-refractivity contribution < 1.29 is 4.42 Å². The Hall–Kier alpha value is -1.59. The van der Waals surface area contributed by atoms with Crippen molar-refractivity contribution in [3.8, 4) is 0 Å². The van der Waals surface area contributed by atoms with E-state index in [0.717, 1.165) is 38.0 Å². The molecular weight excluding hydrogens is 242 g/mol. The molecule has 0 saturated carbocycles. The number of hydrogen-bond acceptors (Lipinski definition) is 4. The minimum Gasteiger partial charge on any atom is -0.408 e. The van der Waals surface area contributed by atoms with Crippen molar-refractivity contribution in [2.75, 3.05) is 19.6 Å². The van der Waals surface area contributed by atoms with Crippen LogP contribution in [0, 0.1) is 0 Å². The number of hydrogen-bond donors (Lipinski definition) is 1. The Kier molecular flexibility index (Phi) is 3.40. The van der Waals surface area contributed by atoms with Crippen LogP contribution in [0.1, 0.15) is 12.8 Å². The van der Waals surface area contributed by atoms with E-state index in [9.17, 15) is 4.79 Å². The van der Waals surface area contributed by atoms with E-state index in [2.05, 4.69) is 4.90 Å². The summed E-state index contributed by atoms with van der Waals surface area (Å²) in [6.07, 6.45) is 2.24. The number of piperidine rings is 1. The minimum absolute atomic E-state index is 0.270.